The number of allylic oxidation sites excluding steroid dienone is 1. The van der Waals surface area contributed by atoms with Gasteiger partial charge in [0.1, 0.15) is 11.2 Å². The van der Waals surface area contributed by atoms with E-state index in [4.69, 9.17) is 19.4 Å². The minimum absolute atomic E-state index is 0.0748. The van der Waals surface area contributed by atoms with E-state index in [0.29, 0.717) is 17.5 Å². The minimum atomic E-state index is 0.0748. The molecule has 0 saturated heterocycles. The number of nitrogens with zero attached hydrogens (tertiary/aromatic N) is 4. The minimum Gasteiger partial charge on any atom is -0.456 e. The third kappa shape index (κ3) is 5.86. The predicted octanol–water partition coefficient (Wildman–Crippen LogP) is 14.8. The molecule has 0 amide bonds. The lowest BCUT2D eigenvalue weighted by Gasteiger charge is -2.42. The van der Waals surface area contributed by atoms with Crippen molar-refractivity contribution in [3.63, 3.8) is 0 Å². The number of rotatable bonds is 5. The van der Waals surface area contributed by atoms with Crippen molar-refractivity contribution in [2.45, 2.75) is 64.2 Å². The zero-order valence-electron chi connectivity index (χ0n) is 35.5. The number of hydrogen-bond acceptors (Lipinski definition) is 4. The Bertz CT molecular complexity index is 3470. The van der Waals surface area contributed by atoms with Crippen molar-refractivity contribution in [2.75, 3.05) is 0 Å². The Morgan fingerprint density at radius 3 is 2.05 bits per heavy atom. The van der Waals surface area contributed by atoms with Crippen LogP contribution < -0.4 is 0 Å². The monoisotopic (exact) mass is 802 g/mol. The Morgan fingerprint density at radius 2 is 1.21 bits per heavy atom. The molecule has 2 aliphatic rings. The van der Waals surface area contributed by atoms with Crippen LogP contribution in [0.25, 0.3) is 101 Å². The Kier molecular flexibility index (Phi) is 8.11. The van der Waals surface area contributed by atoms with Crippen molar-refractivity contribution in [2.24, 2.45) is 0 Å². The van der Waals surface area contributed by atoms with Gasteiger partial charge in [0.2, 0.25) is 0 Å². The average Bonchev–Trinajstić information content (AvgIpc) is 3.86. The van der Waals surface area contributed by atoms with E-state index < -0.39 is 0 Å². The number of benzene rings is 7. The average molecular weight is 803 g/mol. The fourth-order valence-corrected chi connectivity index (χ4v) is 10.3. The van der Waals surface area contributed by atoms with Crippen molar-refractivity contribution < 1.29 is 4.42 Å². The van der Waals surface area contributed by atoms with Gasteiger partial charge in [0, 0.05) is 49.8 Å². The number of fused-ring (bicyclic) bond motifs is 8. The fourth-order valence-electron chi connectivity index (χ4n) is 10.3. The van der Waals surface area contributed by atoms with Crippen molar-refractivity contribution in [1.29, 1.82) is 0 Å². The molecule has 5 heteroatoms. The maximum absolute atomic E-state index is 6.68. The predicted molar refractivity (Wildman–Crippen MR) is 256 cm³/mol. The van der Waals surface area contributed by atoms with Gasteiger partial charge in [0.05, 0.1) is 5.52 Å². The molecule has 5 nitrogen and oxygen atoms in total. The van der Waals surface area contributed by atoms with E-state index in [1.165, 1.54) is 45.1 Å². The van der Waals surface area contributed by atoms with Crippen molar-refractivity contribution >= 4 is 49.7 Å². The second-order valence-corrected chi connectivity index (χ2v) is 18.6. The molecule has 0 spiro atoms. The van der Waals surface area contributed by atoms with E-state index in [-0.39, 0.29) is 10.8 Å². The summed E-state index contributed by atoms with van der Waals surface area (Å²) in [4.78, 5) is 16.0. The summed E-state index contributed by atoms with van der Waals surface area (Å²) < 4.78 is 9.11. The van der Waals surface area contributed by atoms with Gasteiger partial charge in [-0.3, -0.25) is 0 Å². The third-order valence-electron chi connectivity index (χ3n) is 13.8. The Labute approximate surface area is 361 Å². The molecule has 0 atom stereocenters. The van der Waals surface area contributed by atoms with Gasteiger partial charge in [-0.1, -0.05) is 131 Å². The molecule has 12 rings (SSSR count). The molecule has 0 bridgehead atoms. The van der Waals surface area contributed by atoms with E-state index in [2.05, 4.69) is 178 Å². The van der Waals surface area contributed by atoms with Crippen LogP contribution in [-0.4, -0.2) is 19.5 Å². The van der Waals surface area contributed by atoms with Crippen molar-refractivity contribution in [3.05, 3.63) is 174 Å². The molecule has 7 aromatic carbocycles. The zero-order valence-corrected chi connectivity index (χ0v) is 35.5. The lowest BCUT2D eigenvalue weighted by Crippen LogP contribution is -2.33. The Balaban J connectivity index is 1.07. The largest absolute Gasteiger partial charge is 0.456 e. The standard InChI is InChI=1S/C57H46N4O/c1-56(2)29-30-57(3,4)47-33-38(25-28-46(47)56)40-32-45(52-44-17-9-12-20-50(44)62-51(52)34-40)55-59-53(58-54(60-55)39-22-21-35-13-5-6-14-37(35)31-39)36-23-26-41(27-24-36)61-48-18-10-7-15-42(48)43-16-8-11-19-49(43)61/h5-10,12-18,20-28,31-34H,11,19,29-30H2,1-4H3. The van der Waals surface area contributed by atoms with Crippen molar-refractivity contribution in [1.82, 2.24) is 19.5 Å². The molecule has 3 aromatic heterocycles. The van der Waals surface area contributed by atoms with Gasteiger partial charge in [-0.2, -0.15) is 0 Å². The SMILES string of the molecule is CC1(C)CCC(C)(C)c2cc(-c3cc(-c4nc(-c5ccc(-n6c7c(c8ccccc86)C=CCC7)cc5)nc(-c5ccc6ccccc6c5)n4)c4c(c3)oc3ccccc34)ccc21. The maximum atomic E-state index is 6.68. The number of furan rings is 1. The van der Waals surface area contributed by atoms with E-state index >= 15 is 0 Å². The maximum Gasteiger partial charge on any atom is 0.164 e. The summed E-state index contributed by atoms with van der Waals surface area (Å²) in [6.07, 6.45) is 8.94. The Morgan fingerprint density at radius 1 is 0.532 bits per heavy atom. The van der Waals surface area contributed by atoms with E-state index in [0.717, 1.165) is 80.1 Å². The summed E-state index contributed by atoms with van der Waals surface area (Å²) in [5.41, 5.74) is 14.8. The lowest BCUT2D eigenvalue weighted by atomic mass is 9.63. The van der Waals surface area contributed by atoms with Crippen LogP contribution in [0.2, 0.25) is 0 Å². The van der Waals surface area contributed by atoms with Gasteiger partial charge < -0.3 is 8.98 Å². The molecule has 0 fully saturated rings. The van der Waals surface area contributed by atoms with E-state index in [1.807, 2.05) is 12.1 Å². The van der Waals surface area contributed by atoms with Gasteiger partial charge in [0.25, 0.3) is 0 Å². The normalized spacial score (nSPS) is 15.4. The van der Waals surface area contributed by atoms with Gasteiger partial charge in [-0.05, 0) is 124 Å². The quantitative estimate of drug-likeness (QED) is 0.174. The molecule has 0 N–H and O–H groups in total. The molecule has 62 heavy (non-hydrogen) atoms. The summed E-state index contributed by atoms with van der Waals surface area (Å²) in [6.45, 7) is 9.53. The molecule has 3 heterocycles. The molecular weight excluding hydrogens is 757 g/mol. The molecular formula is C57H46N4O. The van der Waals surface area contributed by atoms with Crippen LogP contribution in [0.3, 0.4) is 0 Å². The highest BCUT2D eigenvalue weighted by atomic mass is 16.3. The summed E-state index contributed by atoms with van der Waals surface area (Å²) in [6, 6.07) is 52.2. The molecule has 0 saturated carbocycles. The Hall–Kier alpha value is -7.11. The van der Waals surface area contributed by atoms with Gasteiger partial charge in [0.15, 0.2) is 17.5 Å². The topological polar surface area (TPSA) is 56.7 Å². The van der Waals surface area contributed by atoms with Crippen LogP contribution in [0.4, 0.5) is 0 Å². The lowest BCUT2D eigenvalue weighted by molar-refractivity contribution is 0.332. The van der Waals surface area contributed by atoms with Gasteiger partial charge in [-0.25, -0.2) is 15.0 Å². The van der Waals surface area contributed by atoms with Gasteiger partial charge in [-0.15, -0.1) is 0 Å². The number of aromatic nitrogens is 4. The second kappa shape index (κ2) is 13.7. The zero-order chi connectivity index (χ0) is 41.7. The smallest absolute Gasteiger partial charge is 0.164 e. The molecule has 0 unspecified atom stereocenters. The highest BCUT2D eigenvalue weighted by Gasteiger charge is 2.37. The van der Waals surface area contributed by atoms with Crippen LogP contribution >= 0.6 is 0 Å². The second-order valence-electron chi connectivity index (χ2n) is 18.6. The molecule has 2 aliphatic carbocycles. The fraction of sp³-hybridized carbons (Fsp3) is 0.175. The molecule has 0 radical (unpaired) electrons. The van der Waals surface area contributed by atoms with Crippen molar-refractivity contribution in [3.8, 4) is 51.0 Å². The first-order valence-corrected chi connectivity index (χ1v) is 21.9. The first kappa shape index (κ1) is 36.7. The van der Waals surface area contributed by atoms with Crippen LogP contribution in [0, 0.1) is 0 Å². The van der Waals surface area contributed by atoms with Crippen LogP contribution in [0.5, 0.6) is 0 Å². The van der Waals surface area contributed by atoms with E-state index in [1.54, 1.807) is 0 Å². The summed E-state index contributed by atoms with van der Waals surface area (Å²) in [7, 11) is 0. The first-order chi connectivity index (χ1) is 30.2. The number of hydrogen-bond donors (Lipinski definition) is 0. The van der Waals surface area contributed by atoms with Crippen LogP contribution in [0.1, 0.15) is 69.3 Å². The van der Waals surface area contributed by atoms with Gasteiger partial charge >= 0.3 is 0 Å². The first-order valence-electron chi connectivity index (χ1n) is 21.9. The van der Waals surface area contributed by atoms with Crippen LogP contribution in [-0.2, 0) is 17.3 Å². The van der Waals surface area contributed by atoms with Crippen LogP contribution in [0.15, 0.2) is 156 Å². The molecule has 0 aliphatic heterocycles. The highest BCUT2D eigenvalue weighted by Crippen LogP contribution is 2.48. The summed E-state index contributed by atoms with van der Waals surface area (Å²) in [5, 5.41) is 5.63. The highest BCUT2D eigenvalue weighted by molar-refractivity contribution is 6.13. The summed E-state index contributed by atoms with van der Waals surface area (Å²) in [5.74, 6) is 1.86. The molecule has 10 aromatic rings. The summed E-state index contributed by atoms with van der Waals surface area (Å²) >= 11 is 0. The number of para-hydroxylation sites is 2. The molecule has 300 valence electrons. The third-order valence-corrected chi connectivity index (χ3v) is 13.8. The van der Waals surface area contributed by atoms with E-state index in [9.17, 15) is 0 Å².